The number of hydrogen-bond donors (Lipinski definition) is 2. The first-order chi connectivity index (χ1) is 16.8. The third-order valence-corrected chi connectivity index (χ3v) is 6.69. The third kappa shape index (κ3) is 4.46. The number of quaternary nitrogens is 1. The lowest BCUT2D eigenvalue weighted by atomic mass is 9.93. The summed E-state index contributed by atoms with van der Waals surface area (Å²) in [5, 5.41) is 13.8. The molecule has 4 rings (SSSR count). The average Bonchev–Trinajstić information content (AvgIpc) is 3.29. The van der Waals surface area contributed by atoms with Gasteiger partial charge in [0.05, 0.1) is 39.5 Å². The molecule has 2 aliphatic heterocycles. The number of morpholine rings is 1. The highest BCUT2D eigenvalue weighted by Crippen LogP contribution is 2.40. The number of aryl methyl sites for hydroxylation is 1. The van der Waals surface area contributed by atoms with Gasteiger partial charge in [-0.15, -0.1) is 0 Å². The molecule has 10 heteroatoms. The standard InChI is InChI=1S/C25H28FN3O6/c1-14-18(15(2)27-20(14)25(33)34-3)22(30)19-21(16-6-4-5-7-17(16)26)29(24(32)23(19)31)9-8-28-10-12-35-13-11-28/h4-7,21,27,30H,8-13H2,1-3H3. The lowest BCUT2D eigenvalue weighted by Crippen LogP contribution is -3.14. The highest BCUT2D eigenvalue weighted by Gasteiger charge is 2.45. The van der Waals surface area contributed by atoms with Crippen molar-refractivity contribution in [2.75, 3.05) is 46.5 Å². The van der Waals surface area contributed by atoms with Crippen molar-refractivity contribution in [2.24, 2.45) is 0 Å². The molecule has 2 aliphatic rings. The molecule has 186 valence electrons. The Hall–Kier alpha value is -3.50. The number of likely N-dealkylation sites (tertiary alicyclic amines) is 1. The first-order valence-electron chi connectivity index (χ1n) is 11.5. The quantitative estimate of drug-likeness (QED) is 0.251. The van der Waals surface area contributed by atoms with Gasteiger partial charge in [-0.05, 0) is 31.0 Å². The zero-order chi connectivity index (χ0) is 25.3. The smallest absolute Gasteiger partial charge is 0.354 e. The fourth-order valence-corrected chi connectivity index (χ4v) is 4.84. The van der Waals surface area contributed by atoms with Crippen LogP contribution in [-0.4, -0.2) is 74.0 Å². The van der Waals surface area contributed by atoms with Gasteiger partial charge in [-0.25, -0.2) is 9.18 Å². The van der Waals surface area contributed by atoms with E-state index in [0.717, 1.165) is 13.1 Å². The Morgan fingerprint density at radius 1 is 1.26 bits per heavy atom. The van der Waals surface area contributed by atoms with Crippen molar-refractivity contribution >= 4 is 23.4 Å². The van der Waals surface area contributed by atoms with Crippen molar-refractivity contribution in [1.82, 2.24) is 9.88 Å². The van der Waals surface area contributed by atoms with E-state index < -0.39 is 35.3 Å². The number of carbonyl (C=O) groups is 3. The van der Waals surface area contributed by atoms with Crippen LogP contribution in [0.1, 0.15) is 38.9 Å². The van der Waals surface area contributed by atoms with Gasteiger partial charge >= 0.3 is 5.97 Å². The molecule has 0 spiro atoms. The molecule has 35 heavy (non-hydrogen) atoms. The van der Waals surface area contributed by atoms with E-state index in [1.165, 1.54) is 35.1 Å². The van der Waals surface area contributed by atoms with E-state index >= 15 is 0 Å². The van der Waals surface area contributed by atoms with Crippen LogP contribution in [0.4, 0.5) is 4.39 Å². The Bertz CT molecular complexity index is 1200. The van der Waals surface area contributed by atoms with E-state index in [1.807, 2.05) is 0 Å². The molecular formula is C25H28FN3O6. The number of aromatic amines is 1. The number of nitrogens with one attached hydrogen (secondary N) is 2. The number of nitrogens with zero attached hydrogens (tertiary/aromatic N) is 1. The van der Waals surface area contributed by atoms with Crippen LogP contribution in [0.5, 0.6) is 0 Å². The molecule has 0 bridgehead atoms. The van der Waals surface area contributed by atoms with Crippen molar-refractivity contribution in [1.29, 1.82) is 0 Å². The summed E-state index contributed by atoms with van der Waals surface area (Å²) in [7, 11) is 1.22. The Balaban J connectivity index is 1.82. The molecule has 2 aromatic rings. The largest absolute Gasteiger partial charge is 0.872 e. The summed E-state index contributed by atoms with van der Waals surface area (Å²) < 4.78 is 25.1. The normalized spacial score (nSPS) is 20.5. The minimum Gasteiger partial charge on any atom is -0.872 e. The Labute approximate surface area is 202 Å². The second-order valence-corrected chi connectivity index (χ2v) is 8.72. The predicted molar refractivity (Wildman–Crippen MR) is 121 cm³/mol. The van der Waals surface area contributed by atoms with Gasteiger partial charge < -0.3 is 29.4 Å². The van der Waals surface area contributed by atoms with Crippen LogP contribution in [0, 0.1) is 19.7 Å². The molecule has 2 N–H and O–H groups in total. The molecule has 1 amide bonds. The van der Waals surface area contributed by atoms with E-state index in [4.69, 9.17) is 9.47 Å². The van der Waals surface area contributed by atoms with Gasteiger partial charge in [-0.3, -0.25) is 9.59 Å². The molecule has 1 unspecified atom stereocenters. The topological polar surface area (TPSA) is 116 Å². The van der Waals surface area contributed by atoms with Gasteiger partial charge in [0.15, 0.2) is 0 Å². The number of Topliss-reactive ketones (excluding diaryl/α,β-unsaturated/α-hetero) is 1. The summed E-state index contributed by atoms with van der Waals surface area (Å²) in [6, 6.07) is 4.65. The summed E-state index contributed by atoms with van der Waals surface area (Å²) in [4.78, 5) is 43.7. The highest BCUT2D eigenvalue weighted by molar-refractivity contribution is 6.46. The van der Waals surface area contributed by atoms with E-state index in [1.54, 1.807) is 19.9 Å². The summed E-state index contributed by atoms with van der Waals surface area (Å²) in [5.41, 5.74) is 0.592. The zero-order valence-electron chi connectivity index (χ0n) is 19.9. The Morgan fingerprint density at radius 3 is 2.60 bits per heavy atom. The molecule has 0 saturated carbocycles. The molecule has 3 heterocycles. The monoisotopic (exact) mass is 485 g/mol. The number of amides is 1. The summed E-state index contributed by atoms with van der Waals surface area (Å²) in [6.45, 7) is 6.57. The molecule has 0 aliphatic carbocycles. The molecule has 1 atom stereocenters. The van der Waals surface area contributed by atoms with Gasteiger partial charge in [-0.2, -0.15) is 0 Å². The van der Waals surface area contributed by atoms with Gasteiger partial charge in [0.25, 0.3) is 5.91 Å². The van der Waals surface area contributed by atoms with Crippen molar-refractivity contribution < 1.29 is 38.3 Å². The van der Waals surface area contributed by atoms with Crippen LogP contribution >= 0.6 is 0 Å². The van der Waals surface area contributed by atoms with Gasteiger partial charge in [0.2, 0.25) is 5.78 Å². The second-order valence-electron chi connectivity index (χ2n) is 8.72. The lowest BCUT2D eigenvalue weighted by Gasteiger charge is -2.30. The predicted octanol–water partition coefficient (Wildman–Crippen LogP) is -0.304. The summed E-state index contributed by atoms with van der Waals surface area (Å²) in [5.74, 6) is -3.79. The Kier molecular flexibility index (Phi) is 7.04. The zero-order valence-corrected chi connectivity index (χ0v) is 19.9. The van der Waals surface area contributed by atoms with Crippen LogP contribution in [0.15, 0.2) is 29.8 Å². The van der Waals surface area contributed by atoms with Crippen LogP contribution in [0.2, 0.25) is 0 Å². The average molecular weight is 486 g/mol. The number of ketones is 1. The van der Waals surface area contributed by atoms with Crippen LogP contribution in [0.25, 0.3) is 5.76 Å². The van der Waals surface area contributed by atoms with Crippen molar-refractivity contribution in [3.05, 3.63) is 63.7 Å². The lowest BCUT2D eigenvalue weighted by molar-refractivity contribution is -0.907. The number of halogens is 1. The number of esters is 1. The van der Waals surface area contributed by atoms with Crippen molar-refractivity contribution in [3.8, 4) is 0 Å². The van der Waals surface area contributed by atoms with Gasteiger partial charge in [0, 0.05) is 16.8 Å². The van der Waals surface area contributed by atoms with Crippen LogP contribution in [0.3, 0.4) is 0 Å². The maximum Gasteiger partial charge on any atom is 0.354 e. The molecule has 9 nitrogen and oxygen atoms in total. The minimum absolute atomic E-state index is 0.0751. The van der Waals surface area contributed by atoms with Gasteiger partial charge in [-0.1, -0.05) is 24.0 Å². The van der Waals surface area contributed by atoms with Crippen LogP contribution < -0.4 is 10.0 Å². The number of ether oxygens (including phenoxy) is 2. The number of H-pyrrole nitrogens is 1. The van der Waals surface area contributed by atoms with Crippen LogP contribution in [-0.2, 0) is 19.1 Å². The maximum atomic E-state index is 15.0. The van der Waals surface area contributed by atoms with E-state index in [0.29, 0.717) is 31.0 Å². The molecule has 2 saturated heterocycles. The SMILES string of the molecule is COC(=O)c1[nH]c(C)c(C([O-])=C2C(=O)C(=O)N(CC[NH+]3CCOCC3)C2c2ccccc2F)c1C. The first-order valence-corrected chi connectivity index (χ1v) is 11.5. The minimum atomic E-state index is -1.17. The number of benzene rings is 1. The van der Waals surface area contributed by atoms with E-state index in [9.17, 15) is 23.9 Å². The van der Waals surface area contributed by atoms with Gasteiger partial charge in [0.1, 0.15) is 24.6 Å². The maximum absolute atomic E-state index is 15.0. The van der Waals surface area contributed by atoms with Crippen molar-refractivity contribution in [3.63, 3.8) is 0 Å². The van der Waals surface area contributed by atoms with Crippen molar-refractivity contribution in [2.45, 2.75) is 19.9 Å². The third-order valence-electron chi connectivity index (χ3n) is 6.69. The molecular weight excluding hydrogens is 457 g/mol. The number of aromatic nitrogens is 1. The summed E-state index contributed by atoms with van der Waals surface area (Å²) in [6.07, 6.45) is 0. The fourth-order valence-electron chi connectivity index (χ4n) is 4.84. The number of rotatable bonds is 6. The summed E-state index contributed by atoms with van der Waals surface area (Å²) >= 11 is 0. The fraction of sp³-hybridized carbons (Fsp3) is 0.400. The first kappa shape index (κ1) is 24.6. The van der Waals surface area contributed by atoms with E-state index in [2.05, 4.69) is 4.98 Å². The number of hydrogen-bond acceptors (Lipinski definition) is 6. The van der Waals surface area contributed by atoms with E-state index in [-0.39, 0.29) is 28.9 Å². The molecule has 2 fully saturated rings. The number of methoxy groups -OCH3 is 1. The highest BCUT2D eigenvalue weighted by atomic mass is 19.1. The number of carbonyl (C=O) groups excluding carboxylic acids is 3. The Morgan fingerprint density at radius 2 is 1.94 bits per heavy atom. The molecule has 1 aromatic heterocycles. The second kappa shape index (κ2) is 10.0. The molecule has 0 radical (unpaired) electrons. The molecule has 1 aromatic carbocycles.